The van der Waals surface area contributed by atoms with Gasteiger partial charge in [-0.1, -0.05) is 23.5 Å². The molecule has 0 heterocycles. The SMILES string of the molecule is CC(=O)O/C=C(/C=C/OC(C)=O)C(C/C=C(\C)C#CC=C(C)C)OC(C)=O. The molecule has 0 saturated heterocycles. The molecular formula is C21H26O6. The van der Waals surface area contributed by atoms with Crippen molar-refractivity contribution in [3.05, 3.63) is 47.5 Å². The van der Waals surface area contributed by atoms with Crippen molar-refractivity contribution in [3.8, 4) is 11.8 Å². The van der Waals surface area contributed by atoms with Crippen molar-refractivity contribution < 1.29 is 28.6 Å². The van der Waals surface area contributed by atoms with Crippen LogP contribution in [0.3, 0.4) is 0 Å². The van der Waals surface area contributed by atoms with E-state index in [2.05, 4.69) is 11.8 Å². The topological polar surface area (TPSA) is 78.9 Å². The molecule has 0 spiro atoms. The van der Waals surface area contributed by atoms with Crippen LogP contribution in [0.25, 0.3) is 0 Å². The molecule has 6 nitrogen and oxygen atoms in total. The number of ether oxygens (including phenoxy) is 3. The first-order valence-electron chi connectivity index (χ1n) is 8.31. The van der Waals surface area contributed by atoms with Gasteiger partial charge in [-0.15, -0.1) is 0 Å². The third-order valence-corrected chi connectivity index (χ3v) is 2.80. The van der Waals surface area contributed by atoms with Crippen molar-refractivity contribution in [1.82, 2.24) is 0 Å². The Kier molecular flexibility index (Phi) is 11.7. The highest BCUT2D eigenvalue weighted by Gasteiger charge is 2.16. The van der Waals surface area contributed by atoms with Crippen molar-refractivity contribution in [2.75, 3.05) is 0 Å². The molecule has 0 aromatic heterocycles. The molecular weight excluding hydrogens is 348 g/mol. The number of allylic oxidation sites excluding steroid dienone is 3. The maximum atomic E-state index is 11.4. The van der Waals surface area contributed by atoms with E-state index in [4.69, 9.17) is 14.2 Å². The Morgan fingerprint density at radius 1 is 0.926 bits per heavy atom. The van der Waals surface area contributed by atoms with Crippen LogP contribution in [0.1, 0.15) is 48.0 Å². The average molecular weight is 374 g/mol. The molecule has 0 aromatic carbocycles. The lowest BCUT2D eigenvalue weighted by Gasteiger charge is -2.16. The van der Waals surface area contributed by atoms with E-state index in [1.807, 2.05) is 20.8 Å². The summed E-state index contributed by atoms with van der Waals surface area (Å²) in [6.07, 6.45) is 6.86. The summed E-state index contributed by atoms with van der Waals surface area (Å²) in [5.41, 5.74) is 2.23. The molecule has 27 heavy (non-hydrogen) atoms. The lowest BCUT2D eigenvalue weighted by Crippen LogP contribution is -2.18. The highest BCUT2D eigenvalue weighted by Crippen LogP contribution is 2.16. The van der Waals surface area contributed by atoms with Gasteiger partial charge in [0.15, 0.2) is 0 Å². The standard InChI is InChI=1S/C21H26O6/c1-15(2)8-7-9-16(3)10-11-21(27-19(6)24)20(14-26-18(5)23)12-13-25-17(4)22/h8,10,12-14,21H,11H2,1-6H3/b13-12+,16-10+,20-14-. The first kappa shape index (κ1) is 23.9. The zero-order valence-electron chi connectivity index (χ0n) is 16.6. The molecule has 0 fully saturated rings. The minimum Gasteiger partial charge on any atom is -0.457 e. The molecule has 0 amide bonds. The normalized spacial score (nSPS) is 12.5. The summed E-state index contributed by atoms with van der Waals surface area (Å²) in [6, 6.07) is 0. The fourth-order valence-corrected chi connectivity index (χ4v) is 1.66. The van der Waals surface area contributed by atoms with Crippen LogP contribution in [0.5, 0.6) is 0 Å². The molecule has 0 saturated carbocycles. The maximum Gasteiger partial charge on any atom is 0.307 e. The van der Waals surface area contributed by atoms with Crippen LogP contribution in [0, 0.1) is 11.8 Å². The lowest BCUT2D eigenvalue weighted by atomic mass is 10.1. The summed E-state index contributed by atoms with van der Waals surface area (Å²) in [7, 11) is 0. The quantitative estimate of drug-likeness (QED) is 0.222. The van der Waals surface area contributed by atoms with Crippen molar-refractivity contribution >= 4 is 17.9 Å². The monoisotopic (exact) mass is 374 g/mol. The van der Waals surface area contributed by atoms with E-state index in [1.54, 1.807) is 12.2 Å². The van der Waals surface area contributed by atoms with Gasteiger partial charge in [0.2, 0.25) is 0 Å². The predicted octanol–water partition coefficient (Wildman–Crippen LogP) is 3.75. The third-order valence-electron chi connectivity index (χ3n) is 2.80. The van der Waals surface area contributed by atoms with Crippen molar-refractivity contribution in [1.29, 1.82) is 0 Å². The Balaban J connectivity index is 5.54. The van der Waals surface area contributed by atoms with Gasteiger partial charge in [0, 0.05) is 32.8 Å². The molecule has 0 bridgehead atoms. The summed E-state index contributed by atoms with van der Waals surface area (Å²) >= 11 is 0. The zero-order chi connectivity index (χ0) is 20.8. The van der Waals surface area contributed by atoms with Gasteiger partial charge < -0.3 is 14.2 Å². The first-order valence-corrected chi connectivity index (χ1v) is 8.31. The fraction of sp³-hybridized carbons (Fsp3) is 0.381. The van der Waals surface area contributed by atoms with Crippen molar-refractivity contribution in [3.63, 3.8) is 0 Å². The third kappa shape index (κ3) is 13.9. The highest BCUT2D eigenvalue weighted by atomic mass is 16.5. The van der Waals surface area contributed by atoms with Crippen LogP contribution in [0.15, 0.2) is 47.5 Å². The van der Waals surface area contributed by atoms with Gasteiger partial charge in [0.05, 0.1) is 6.26 Å². The molecule has 6 heteroatoms. The Labute approximate surface area is 160 Å². The number of hydrogen-bond acceptors (Lipinski definition) is 6. The number of carbonyl (C=O) groups is 3. The Bertz CT molecular complexity index is 722. The summed E-state index contributed by atoms with van der Waals surface area (Å²) in [5, 5.41) is 0. The largest absolute Gasteiger partial charge is 0.457 e. The molecule has 0 aliphatic heterocycles. The van der Waals surface area contributed by atoms with Crippen LogP contribution < -0.4 is 0 Å². The van der Waals surface area contributed by atoms with E-state index in [0.29, 0.717) is 12.0 Å². The van der Waals surface area contributed by atoms with Crippen LogP contribution in [-0.4, -0.2) is 24.0 Å². The molecule has 0 aromatic rings. The Hall–Kier alpha value is -3.07. The Morgan fingerprint density at radius 2 is 1.56 bits per heavy atom. The average Bonchev–Trinajstić information content (AvgIpc) is 2.53. The number of rotatable bonds is 7. The number of hydrogen-bond donors (Lipinski definition) is 0. The molecule has 0 rings (SSSR count). The van der Waals surface area contributed by atoms with E-state index >= 15 is 0 Å². The first-order chi connectivity index (χ1) is 12.6. The highest BCUT2D eigenvalue weighted by molar-refractivity contribution is 5.68. The fourth-order valence-electron chi connectivity index (χ4n) is 1.66. The molecule has 1 unspecified atom stereocenters. The second-order valence-electron chi connectivity index (χ2n) is 5.85. The summed E-state index contributed by atoms with van der Waals surface area (Å²) in [4.78, 5) is 33.5. The molecule has 0 aliphatic carbocycles. The number of carbonyl (C=O) groups excluding carboxylic acids is 3. The van der Waals surface area contributed by atoms with Crippen LogP contribution >= 0.6 is 0 Å². The minimum absolute atomic E-state index is 0.298. The predicted molar refractivity (Wildman–Crippen MR) is 102 cm³/mol. The summed E-state index contributed by atoms with van der Waals surface area (Å²) < 4.78 is 14.9. The van der Waals surface area contributed by atoms with Gasteiger partial charge in [0.1, 0.15) is 12.4 Å². The van der Waals surface area contributed by atoms with E-state index in [0.717, 1.165) is 23.7 Å². The van der Waals surface area contributed by atoms with Gasteiger partial charge >= 0.3 is 17.9 Å². The lowest BCUT2D eigenvalue weighted by molar-refractivity contribution is -0.144. The van der Waals surface area contributed by atoms with E-state index in [-0.39, 0.29) is 0 Å². The smallest absolute Gasteiger partial charge is 0.307 e. The number of esters is 3. The molecule has 146 valence electrons. The van der Waals surface area contributed by atoms with Crippen molar-refractivity contribution in [2.24, 2.45) is 0 Å². The van der Waals surface area contributed by atoms with Crippen LogP contribution in [-0.2, 0) is 28.6 Å². The van der Waals surface area contributed by atoms with E-state index in [9.17, 15) is 14.4 Å². The van der Waals surface area contributed by atoms with Crippen LogP contribution in [0.2, 0.25) is 0 Å². The Morgan fingerprint density at radius 3 is 2.07 bits per heavy atom. The maximum absolute atomic E-state index is 11.4. The molecule has 0 N–H and O–H groups in total. The molecule has 1 atom stereocenters. The van der Waals surface area contributed by atoms with E-state index < -0.39 is 24.0 Å². The van der Waals surface area contributed by atoms with Gasteiger partial charge in [-0.3, -0.25) is 14.4 Å². The molecule has 0 radical (unpaired) electrons. The summed E-state index contributed by atoms with van der Waals surface area (Å²) in [6.45, 7) is 9.50. The van der Waals surface area contributed by atoms with E-state index in [1.165, 1.54) is 26.8 Å². The molecule has 0 aliphatic rings. The zero-order valence-corrected chi connectivity index (χ0v) is 16.6. The van der Waals surface area contributed by atoms with Gasteiger partial charge in [0.25, 0.3) is 0 Å². The van der Waals surface area contributed by atoms with Crippen LogP contribution in [0.4, 0.5) is 0 Å². The van der Waals surface area contributed by atoms with Crippen molar-refractivity contribution in [2.45, 2.75) is 54.1 Å². The van der Waals surface area contributed by atoms with Gasteiger partial charge in [-0.25, -0.2) is 0 Å². The second kappa shape index (κ2) is 13.2. The summed E-state index contributed by atoms with van der Waals surface area (Å²) in [5.74, 6) is 4.35. The van der Waals surface area contributed by atoms with Gasteiger partial charge in [-0.05, 0) is 38.5 Å². The second-order valence-corrected chi connectivity index (χ2v) is 5.85. The minimum atomic E-state index is -0.742. The van der Waals surface area contributed by atoms with Gasteiger partial charge in [-0.2, -0.15) is 0 Å².